The molecule has 1 fully saturated rings. The van der Waals surface area contributed by atoms with E-state index in [1.165, 1.54) is 13.2 Å². The number of benzene rings is 1. The summed E-state index contributed by atoms with van der Waals surface area (Å²) in [4.78, 5) is -0.336. The van der Waals surface area contributed by atoms with Crippen LogP contribution in [0.2, 0.25) is 0 Å². The number of hydrogen-bond acceptors (Lipinski definition) is 6. The fourth-order valence-corrected chi connectivity index (χ4v) is 6.55. The van der Waals surface area contributed by atoms with Gasteiger partial charge < -0.3 is 9.47 Å². The summed E-state index contributed by atoms with van der Waals surface area (Å²) < 4.78 is 78.2. The molecule has 0 amide bonds. The molecule has 1 aromatic heterocycles. The molecule has 6 nitrogen and oxygen atoms in total. The molecule has 1 aliphatic rings. The van der Waals surface area contributed by atoms with Gasteiger partial charge in [-0.3, -0.25) is 0 Å². The van der Waals surface area contributed by atoms with Gasteiger partial charge in [-0.05, 0) is 49.4 Å². The Hall–Kier alpha value is -1.56. The predicted molar refractivity (Wildman–Crippen MR) is 124 cm³/mol. The number of hydrogen-bond donors (Lipinski definition) is 0. The van der Waals surface area contributed by atoms with Crippen LogP contribution in [0.25, 0.3) is 0 Å². The molecule has 190 valence electrons. The van der Waals surface area contributed by atoms with Gasteiger partial charge in [-0.25, -0.2) is 13.1 Å². The highest BCUT2D eigenvalue weighted by molar-refractivity contribution is 7.99. The Morgan fingerprint density at radius 1 is 1.26 bits per heavy atom. The van der Waals surface area contributed by atoms with E-state index in [1.807, 2.05) is 6.07 Å². The van der Waals surface area contributed by atoms with Crippen LogP contribution in [0.1, 0.15) is 57.9 Å². The first kappa shape index (κ1) is 27.0. The van der Waals surface area contributed by atoms with Crippen molar-refractivity contribution in [2.75, 3.05) is 19.5 Å². The highest BCUT2D eigenvalue weighted by atomic mass is 32.2. The van der Waals surface area contributed by atoms with E-state index in [9.17, 15) is 21.6 Å². The number of methoxy groups -OCH3 is 1. The Morgan fingerprint density at radius 3 is 2.59 bits per heavy atom. The number of aromatic nitrogens is 2. The Balaban J connectivity index is 1.91. The molecule has 2 aromatic rings. The first-order valence-electron chi connectivity index (χ1n) is 10.9. The summed E-state index contributed by atoms with van der Waals surface area (Å²) in [7, 11) is -2.54. The van der Waals surface area contributed by atoms with E-state index in [0.717, 1.165) is 22.9 Å². The first-order chi connectivity index (χ1) is 15.7. The second-order valence-corrected chi connectivity index (χ2v) is 13.4. The highest BCUT2D eigenvalue weighted by Gasteiger charge is 2.46. The second kappa shape index (κ2) is 9.83. The Kier molecular flexibility index (Phi) is 7.82. The normalized spacial score (nSPS) is 22.2. The van der Waals surface area contributed by atoms with Crippen molar-refractivity contribution >= 4 is 21.6 Å². The molecule has 0 radical (unpaired) electrons. The predicted octanol–water partition coefficient (Wildman–Crippen LogP) is 5.73. The van der Waals surface area contributed by atoms with Gasteiger partial charge in [-0.2, -0.15) is 18.3 Å². The minimum absolute atomic E-state index is 0.0877. The third-order valence-corrected chi connectivity index (χ3v) is 9.76. The molecule has 1 aromatic carbocycles. The SMILES string of the molecule is COCn1nc(SCC(C)(C)C)cc1C1CC(C)(S(=O)(=O)c2cccc(C(F)(F)F)c2)CCO1. The molecule has 0 saturated carbocycles. The summed E-state index contributed by atoms with van der Waals surface area (Å²) in [6.07, 6.45) is -4.96. The smallest absolute Gasteiger partial charge is 0.372 e. The highest BCUT2D eigenvalue weighted by Crippen LogP contribution is 2.43. The Morgan fingerprint density at radius 2 is 1.97 bits per heavy atom. The largest absolute Gasteiger partial charge is 0.416 e. The minimum Gasteiger partial charge on any atom is -0.372 e. The van der Waals surface area contributed by atoms with Crippen LogP contribution < -0.4 is 0 Å². The van der Waals surface area contributed by atoms with Crippen LogP contribution in [0.4, 0.5) is 13.2 Å². The van der Waals surface area contributed by atoms with Crippen LogP contribution in [-0.4, -0.2) is 42.4 Å². The van der Waals surface area contributed by atoms with Crippen molar-refractivity contribution < 1.29 is 31.1 Å². The van der Waals surface area contributed by atoms with Crippen LogP contribution in [0.5, 0.6) is 0 Å². The first-order valence-corrected chi connectivity index (χ1v) is 13.4. The number of nitrogens with zero attached hydrogens (tertiary/aromatic N) is 2. The van der Waals surface area contributed by atoms with Gasteiger partial charge in [0.1, 0.15) is 17.9 Å². The standard InChI is InChI=1S/C23H31F3N2O4S2/c1-21(2,3)14-33-20-12-18(28(27-20)15-31-5)19-13-22(4,9-10-32-19)34(29,30)17-8-6-7-16(11-17)23(24,25)26/h6-8,11-12,19H,9-10,13-15H2,1-5H3. The van der Waals surface area contributed by atoms with Crippen molar-refractivity contribution in [1.82, 2.24) is 9.78 Å². The average molecular weight is 521 g/mol. The average Bonchev–Trinajstić information content (AvgIpc) is 3.14. The fourth-order valence-electron chi connectivity index (χ4n) is 3.78. The van der Waals surface area contributed by atoms with E-state index < -0.39 is 32.4 Å². The maximum absolute atomic E-state index is 13.5. The maximum atomic E-state index is 13.5. The zero-order valence-corrected chi connectivity index (χ0v) is 21.6. The van der Waals surface area contributed by atoms with Gasteiger partial charge in [0.2, 0.25) is 0 Å². The number of sulfone groups is 1. The lowest BCUT2D eigenvalue weighted by molar-refractivity contribution is -0.137. The van der Waals surface area contributed by atoms with Crippen molar-refractivity contribution in [2.24, 2.45) is 5.41 Å². The molecule has 0 aliphatic carbocycles. The van der Waals surface area contributed by atoms with Gasteiger partial charge in [0, 0.05) is 19.5 Å². The summed E-state index contributed by atoms with van der Waals surface area (Å²) >= 11 is 1.59. The number of rotatable bonds is 7. The van der Waals surface area contributed by atoms with Gasteiger partial charge in [0.15, 0.2) is 9.84 Å². The zero-order chi connectivity index (χ0) is 25.4. The third kappa shape index (κ3) is 5.98. The van der Waals surface area contributed by atoms with Crippen molar-refractivity contribution in [3.63, 3.8) is 0 Å². The van der Waals surface area contributed by atoms with Crippen LogP contribution in [-0.2, 0) is 32.2 Å². The molecule has 2 heterocycles. The van der Waals surface area contributed by atoms with Gasteiger partial charge >= 0.3 is 6.18 Å². The van der Waals surface area contributed by atoms with E-state index in [0.29, 0.717) is 11.8 Å². The zero-order valence-electron chi connectivity index (χ0n) is 20.0. The molecular weight excluding hydrogens is 489 g/mol. The van der Waals surface area contributed by atoms with E-state index in [-0.39, 0.29) is 36.5 Å². The van der Waals surface area contributed by atoms with Gasteiger partial charge in [-0.15, -0.1) is 11.8 Å². The summed E-state index contributed by atoms with van der Waals surface area (Å²) in [6.45, 7) is 8.28. The molecule has 0 N–H and O–H groups in total. The molecule has 11 heteroatoms. The van der Waals surface area contributed by atoms with E-state index in [1.54, 1.807) is 23.4 Å². The summed E-state index contributed by atoms with van der Waals surface area (Å²) in [5.41, 5.74) is -0.211. The second-order valence-electron chi connectivity index (χ2n) is 9.97. The summed E-state index contributed by atoms with van der Waals surface area (Å²) in [6, 6.07) is 5.80. The molecule has 2 atom stereocenters. The Bertz CT molecular complexity index is 1110. The van der Waals surface area contributed by atoms with E-state index >= 15 is 0 Å². The lowest BCUT2D eigenvalue weighted by atomic mass is 9.95. The third-order valence-electron chi connectivity index (χ3n) is 5.71. The van der Waals surface area contributed by atoms with Crippen LogP contribution >= 0.6 is 11.8 Å². The van der Waals surface area contributed by atoms with Crippen LogP contribution in [0.3, 0.4) is 0 Å². The lowest BCUT2D eigenvalue weighted by Gasteiger charge is -2.37. The van der Waals surface area contributed by atoms with Gasteiger partial charge in [0.05, 0.1) is 20.9 Å². The van der Waals surface area contributed by atoms with Crippen molar-refractivity contribution in [3.8, 4) is 0 Å². The molecule has 0 spiro atoms. The quantitative estimate of drug-likeness (QED) is 0.435. The van der Waals surface area contributed by atoms with Crippen LogP contribution in [0.15, 0.2) is 40.3 Å². The van der Waals surface area contributed by atoms with Crippen molar-refractivity contribution in [1.29, 1.82) is 0 Å². The molecule has 1 saturated heterocycles. The number of halogens is 3. The Labute approximate surface area is 203 Å². The van der Waals surface area contributed by atoms with E-state index in [2.05, 4.69) is 25.9 Å². The van der Waals surface area contributed by atoms with Crippen LogP contribution in [0, 0.1) is 5.41 Å². The molecular formula is C23H31F3N2O4S2. The molecule has 1 aliphatic heterocycles. The number of thioether (sulfide) groups is 1. The monoisotopic (exact) mass is 520 g/mol. The molecule has 34 heavy (non-hydrogen) atoms. The summed E-state index contributed by atoms with van der Waals surface area (Å²) in [5, 5.41) is 5.36. The topological polar surface area (TPSA) is 70.4 Å². The van der Waals surface area contributed by atoms with Gasteiger partial charge in [0.25, 0.3) is 0 Å². The molecule has 3 rings (SSSR count). The van der Waals surface area contributed by atoms with E-state index in [4.69, 9.17) is 9.47 Å². The maximum Gasteiger partial charge on any atom is 0.416 e. The summed E-state index contributed by atoms with van der Waals surface area (Å²) in [5.74, 6) is 0.837. The van der Waals surface area contributed by atoms with Crippen molar-refractivity contribution in [2.45, 2.75) is 74.2 Å². The molecule has 0 bridgehead atoms. The minimum atomic E-state index is -4.63. The number of alkyl halides is 3. The molecule has 2 unspecified atom stereocenters. The van der Waals surface area contributed by atoms with Gasteiger partial charge in [-0.1, -0.05) is 26.8 Å². The fraction of sp³-hybridized carbons (Fsp3) is 0.609. The lowest BCUT2D eigenvalue weighted by Crippen LogP contribution is -2.42. The van der Waals surface area contributed by atoms with Crippen molar-refractivity contribution in [3.05, 3.63) is 41.6 Å². The number of ether oxygens (including phenoxy) is 2.